The number of pyridine rings is 1. The van der Waals surface area contributed by atoms with Crippen LogP contribution in [0.1, 0.15) is 27.2 Å². The monoisotopic (exact) mass is 251 g/mol. The Balaban J connectivity index is 2.64. The number of carbonyl (C=O) groups is 1. The minimum atomic E-state index is -0.106. The van der Waals surface area contributed by atoms with Gasteiger partial charge in [0, 0.05) is 24.8 Å². The fourth-order valence-electron chi connectivity index (χ4n) is 1.52. The predicted octanol–water partition coefficient (Wildman–Crippen LogP) is 1.19. The van der Waals surface area contributed by atoms with Gasteiger partial charge in [0.15, 0.2) is 0 Å². The predicted molar refractivity (Wildman–Crippen MR) is 72.8 cm³/mol. The molecule has 1 aromatic heterocycles. The number of carbonyl (C=O) groups excluding carboxylic acids is 1. The van der Waals surface area contributed by atoms with Crippen LogP contribution < -0.4 is 16.2 Å². The molecule has 0 atom stereocenters. The molecular formula is C13H21N3O2. The van der Waals surface area contributed by atoms with Crippen LogP contribution in [0.15, 0.2) is 23.1 Å². The first-order valence-corrected chi connectivity index (χ1v) is 6.26. The van der Waals surface area contributed by atoms with E-state index in [9.17, 15) is 9.59 Å². The van der Waals surface area contributed by atoms with Crippen LogP contribution in [0.25, 0.3) is 0 Å². The molecule has 18 heavy (non-hydrogen) atoms. The third-order valence-corrected chi connectivity index (χ3v) is 2.40. The van der Waals surface area contributed by atoms with Crippen molar-refractivity contribution in [1.29, 1.82) is 0 Å². The van der Waals surface area contributed by atoms with Crippen LogP contribution in [0.4, 0.5) is 5.69 Å². The lowest BCUT2D eigenvalue weighted by Gasteiger charge is -2.10. The Labute approximate surface area is 107 Å². The van der Waals surface area contributed by atoms with Crippen molar-refractivity contribution in [3.63, 3.8) is 0 Å². The molecule has 0 unspecified atom stereocenters. The van der Waals surface area contributed by atoms with Gasteiger partial charge < -0.3 is 15.2 Å². The zero-order valence-electron chi connectivity index (χ0n) is 11.2. The first kappa shape index (κ1) is 14.4. The van der Waals surface area contributed by atoms with Crippen molar-refractivity contribution < 1.29 is 4.79 Å². The van der Waals surface area contributed by atoms with E-state index in [4.69, 9.17) is 0 Å². The van der Waals surface area contributed by atoms with Crippen molar-refractivity contribution in [3.8, 4) is 0 Å². The van der Waals surface area contributed by atoms with Crippen LogP contribution in [0.5, 0.6) is 0 Å². The molecule has 0 aliphatic carbocycles. The number of hydrogen-bond acceptors (Lipinski definition) is 3. The van der Waals surface area contributed by atoms with Crippen LogP contribution in [0, 0.1) is 0 Å². The molecule has 0 bridgehead atoms. The van der Waals surface area contributed by atoms with E-state index in [1.165, 1.54) is 6.07 Å². The van der Waals surface area contributed by atoms with Crippen molar-refractivity contribution in [2.75, 3.05) is 11.9 Å². The van der Waals surface area contributed by atoms with E-state index in [-0.39, 0.29) is 24.1 Å². The number of aryl methyl sites for hydroxylation is 1. The lowest BCUT2D eigenvalue weighted by Crippen LogP contribution is -2.33. The lowest BCUT2D eigenvalue weighted by atomic mass is 10.3. The highest BCUT2D eigenvalue weighted by atomic mass is 16.2. The summed E-state index contributed by atoms with van der Waals surface area (Å²) >= 11 is 0. The molecule has 5 nitrogen and oxygen atoms in total. The van der Waals surface area contributed by atoms with Gasteiger partial charge in [0.2, 0.25) is 5.91 Å². The van der Waals surface area contributed by atoms with E-state index in [0.717, 1.165) is 6.42 Å². The molecule has 0 radical (unpaired) electrons. The summed E-state index contributed by atoms with van der Waals surface area (Å²) < 4.78 is 1.60. The Bertz CT molecular complexity index is 452. The fraction of sp³-hybridized carbons (Fsp3) is 0.538. The average molecular weight is 251 g/mol. The van der Waals surface area contributed by atoms with Crippen LogP contribution in [0.3, 0.4) is 0 Å². The highest BCUT2D eigenvalue weighted by Gasteiger charge is 2.04. The number of nitrogens with zero attached hydrogens (tertiary/aromatic N) is 1. The molecule has 0 aliphatic heterocycles. The standard InChI is InChI=1S/C13H21N3O2/c1-4-7-16-9-11(5-6-13(16)18)15-12(17)8-14-10(2)3/h5-6,9-10,14H,4,7-8H2,1-3H3,(H,15,17). The van der Waals surface area contributed by atoms with E-state index in [1.807, 2.05) is 20.8 Å². The van der Waals surface area contributed by atoms with Gasteiger partial charge >= 0.3 is 0 Å². The highest BCUT2D eigenvalue weighted by molar-refractivity contribution is 5.92. The quantitative estimate of drug-likeness (QED) is 0.798. The van der Waals surface area contributed by atoms with Crippen LogP contribution >= 0.6 is 0 Å². The molecule has 100 valence electrons. The first-order chi connectivity index (χ1) is 8.52. The molecule has 0 saturated heterocycles. The maximum atomic E-state index is 11.6. The van der Waals surface area contributed by atoms with Gasteiger partial charge in [0.25, 0.3) is 5.56 Å². The zero-order valence-corrected chi connectivity index (χ0v) is 11.2. The summed E-state index contributed by atoms with van der Waals surface area (Å²) in [4.78, 5) is 23.1. The molecule has 0 aliphatic rings. The van der Waals surface area contributed by atoms with Crippen molar-refractivity contribution in [2.24, 2.45) is 0 Å². The summed E-state index contributed by atoms with van der Waals surface area (Å²) in [6.07, 6.45) is 2.56. The molecule has 1 heterocycles. The minimum absolute atomic E-state index is 0.0462. The van der Waals surface area contributed by atoms with E-state index in [1.54, 1.807) is 16.8 Å². The minimum Gasteiger partial charge on any atom is -0.324 e. The number of hydrogen-bond donors (Lipinski definition) is 2. The molecule has 1 aromatic rings. The van der Waals surface area contributed by atoms with Gasteiger partial charge in [-0.1, -0.05) is 20.8 Å². The second-order valence-corrected chi connectivity index (χ2v) is 4.53. The number of anilines is 1. The Morgan fingerprint density at radius 3 is 2.72 bits per heavy atom. The highest BCUT2D eigenvalue weighted by Crippen LogP contribution is 2.03. The van der Waals surface area contributed by atoms with Crippen molar-refractivity contribution in [1.82, 2.24) is 9.88 Å². The third kappa shape index (κ3) is 4.71. The number of amides is 1. The van der Waals surface area contributed by atoms with Gasteiger partial charge in [-0.15, -0.1) is 0 Å². The molecule has 1 rings (SSSR count). The topological polar surface area (TPSA) is 63.1 Å². The van der Waals surface area contributed by atoms with Crippen molar-refractivity contribution in [2.45, 2.75) is 39.8 Å². The molecule has 0 saturated carbocycles. The van der Waals surface area contributed by atoms with Gasteiger partial charge in [0.05, 0.1) is 12.2 Å². The summed E-state index contributed by atoms with van der Waals surface area (Å²) in [7, 11) is 0. The Kier molecular flexibility index (Phi) is 5.58. The molecule has 5 heteroatoms. The zero-order chi connectivity index (χ0) is 13.5. The Hall–Kier alpha value is -1.62. The molecule has 0 spiro atoms. The fourth-order valence-corrected chi connectivity index (χ4v) is 1.52. The van der Waals surface area contributed by atoms with Crippen LogP contribution in [-0.2, 0) is 11.3 Å². The number of nitrogens with one attached hydrogen (secondary N) is 2. The lowest BCUT2D eigenvalue weighted by molar-refractivity contribution is -0.115. The second-order valence-electron chi connectivity index (χ2n) is 4.53. The number of rotatable bonds is 6. The molecule has 1 amide bonds. The summed E-state index contributed by atoms with van der Waals surface area (Å²) in [6.45, 7) is 6.89. The smallest absolute Gasteiger partial charge is 0.250 e. The second kappa shape index (κ2) is 6.96. The van der Waals surface area contributed by atoms with Gasteiger partial charge in [-0.3, -0.25) is 9.59 Å². The van der Waals surface area contributed by atoms with Gasteiger partial charge in [-0.25, -0.2) is 0 Å². The van der Waals surface area contributed by atoms with Crippen LogP contribution in [-0.4, -0.2) is 23.1 Å². The van der Waals surface area contributed by atoms with E-state index in [2.05, 4.69) is 10.6 Å². The van der Waals surface area contributed by atoms with Gasteiger partial charge in [0.1, 0.15) is 0 Å². The number of aromatic nitrogens is 1. The van der Waals surface area contributed by atoms with E-state index < -0.39 is 0 Å². The maximum Gasteiger partial charge on any atom is 0.250 e. The van der Waals surface area contributed by atoms with Crippen molar-refractivity contribution in [3.05, 3.63) is 28.7 Å². The van der Waals surface area contributed by atoms with Crippen molar-refractivity contribution >= 4 is 11.6 Å². The summed E-state index contributed by atoms with van der Waals surface area (Å²) in [6, 6.07) is 3.37. The third-order valence-electron chi connectivity index (χ3n) is 2.40. The maximum absolute atomic E-state index is 11.6. The van der Waals surface area contributed by atoms with Crippen LogP contribution in [0.2, 0.25) is 0 Å². The Morgan fingerprint density at radius 1 is 1.39 bits per heavy atom. The molecular weight excluding hydrogens is 230 g/mol. The van der Waals surface area contributed by atoms with E-state index >= 15 is 0 Å². The normalized spacial score (nSPS) is 10.7. The average Bonchev–Trinajstić information content (AvgIpc) is 2.31. The van der Waals surface area contributed by atoms with E-state index in [0.29, 0.717) is 12.2 Å². The first-order valence-electron chi connectivity index (χ1n) is 6.26. The summed E-state index contributed by atoms with van der Waals surface area (Å²) in [5.41, 5.74) is 0.605. The largest absolute Gasteiger partial charge is 0.324 e. The molecule has 0 fully saturated rings. The van der Waals surface area contributed by atoms with Gasteiger partial charge in [-0.2, -0.15) is 0 Å². The summed E-state index contributed by atoms with van der Waals surface area (Å²) in [5, 5.41) is 5.80. The van der Waals surface area contributed by atoms with Gasteiger partial charge in [-0.05, 0) is 12.5 Å². The summed E-state index contributed by atoms with van der Waals surface area (Å²) in [5.74, 6) is -0.106. The molecule has 0 aromatic carbocycles. The molecule has 2 N–H and O–H groups in total. The SMILES string of the molecule is CCCn1cc(NC(=O)CNC(C)C)ccc1=O. The Morgan fingerprint density at radius 2 is 2.11 bits per heavy atom.